The maximum Gasteiger partial charge on any atom is 0.309 e. The maximum absolute atomic E-state index is 10.9. The number of aliphatic carboxylic acids is 1. The Morgan fingerprint density at radius 1 is 1.56 bits per heavy atom. The third-order valence-electron chi connectivity index (χ3n) is 2.73. The molecule has 0 spiro atoms. The lowest BCUT2D eigenvalue weighted by atomic mass is 9.89. The van der Waals surface area contributed by atoms with Crippen LogP contribution in [0.15, 0.2) is 23.0 Å². The molecule has 0 atom stereocenters. The van der Waals surface area contributed by atoms with E-state index in [1.165, 1.54) is 0 Å². The van der Waals surface area contributed by atoms with Crippen molar-refractivity contribution < 1.29 is 14.3 Å². The quantitative estimate of drug-likeness (QED) is 0.806. The zero-order valence-electron chi connectivity index (χ0n) is 10.1. The molecule has 0 aliphatic carbocycles. The highest BCUT2D eigenvalue weighted by Crippen LogP contribution is 2.20. The van der Waals surface area contributed by atoms with Gasteiger partial charge in [0.15, 0.2) is 0 Å². The lowest BCUT2D eigenvalue weighted by molar-refractivity contribution is -0.147. The molecule has 1 aromatic heterocycles. The number of carboxylic acid groups (broad SMARTS) is 1. The predicted octanol–water partition coefficient (Wildman–Crippen LogP) is 2.21. The second-order valence-electron chi connectivity index (χ2n) is 4.81. The molecule has 16 heavy (non-hydrogen) atoms. The van der Waals surface area contributed by atoms with Crippen LogP contribution in [0, 0.1) is 5.41 Å². The van der Waals surface area contributed by atoms with E-state index in [1.54, 1.807) is 26.4 Å². The van der Waals surface area contributed by atoms with E-state index in [-0.39, 0.29) is 0 Å². The Morgan fingerprint density at radius 2 is 2.25 bits per heavy atom. The van der Waals surface area contributed by atoms with Gasteiger partial charge >= 0.3 is 5.97 Å². The van der Waals surface area contributed by atoms with Gasteiger partial charge in [-0.25, -0.2) is 0 Å². The van der Waals surface area contributed by atoms with Crippen molar-refractivity contribution in [2.24, 2.45) is 5.41 Å². The van der Waals surface area contributed by atoms with Crippen molar-refractivity contribution in [1.82, 2.24) is 4.90 Å². The van der Waals surface area contributed by atoms with Crippen LogP contribution in [0.5, 0.6) is 0 Å². The van der Waals surface area contributed by atoms with Gasteiger partial charge in [0.2, 0.25) is 0 Å². The molecular weight excluding hydrogens is 206 g/mol. The highest BCUT2D eigenvalue weighted by Gasteiger charge is 2.26. The highest BCUT2D eigenvalue weighted by atomic mass is 16.4. The Kier molecular flexibility index (Phi) is 4.12. The summed E-state index contributed by atoms with van der Waals surface area (Å²) in [6.07, 6.45) is 3.99. The first kappa shape index (κ1) is 12.8. The summed E-state index contributed by atoms with van der Waals surface area (Å²) in [6, 6.07) is 1.92. The molecule has 0 saturated carbocycles. The number of hydrogen-bond donors (Lipinski definition) is 1. The SMILES string of the molecule is CN(CCC(C)(C)C(=O)O)Cc1ccoc1. The number of rotatable bonds is 6. The van der Waals surface area contributed by atoms with E-state index in [0.717, 1.165) is 18.7 Å². The lowest BCUT2D eigenvalue weighted by Gasteiger charge is -2.23. The van der Waals surface area contributed by atoms with Crippen LogP contribution in [-0.2, 0) is 11.3 Å². The number of nitrogens with zero attached hydrogens (tertiary/aromatic N) is 1. The summed E-state index contributed by atoms with van der Waals surface area (Å²) in [5.74, 6) is -0.746. The molecule has 4 heteroatoms. The fourth-order valence-corrected chi connectivity index (χ4v) is 1.35. The predicted molar refractivity (Wildman–Crippen MR) is 61.1 cm³/mol. The molecule has 0 saturated heterocycles. The second kappa shape index (κ2) is 5.16. The van der Waals surface area contributed by atoms with Crippen molar-refractivity contribution in [3.8, 4) is 0 Å². The molecule has 0 unspecified atom stereocenters. The zero-order valence-corrected chi connectivity index (χ0v) is 10.1. The minimum atomic E-state index is -0.746. The van der Waals surface area contributed by atoms with Gasteiger partial charge in [0, 0.05) is 12.1 Å². The van der Waals surface area contributed by atoms with E-state index in [1.807, 2.05) is 13.1 Å². The molecule has 1 N–H and O–H groups in total. The molecule has 1 heterocycles. The van der Waals surface area contributed by atoms with E-state index in [2.05, 4.69) is 4.90 Å². The van der Waals surface area contributed by atoms with E-state index < -0.39 is 11.4 Å². The van der Waals surface area contributed by atoms with Gasteiger partial charge in [0.25, 0.3) is 0 Å². The first-order chi connectivity index (χ1) is 7.42. The molecule has 90 valence electrons. The third-order valence-corrected chi connectivity index (χ3v) is 2.73. The summed E-state index contributed by atoms with van der Waals surface area (Å²) < 4.78 is 4.98. The number of furan rings is 1. The Morgan fingerprint density at radius 3 is 2.75 bits per heavy atom. The summed E-state index contributed by atoms with van der Waals surface area (Å²) in [7, 11) is 1.98. The monoisotopic (exact) mass is 225 g/mol. The summed E-state index contributed by atoms with van der Waals surface area (Å²) in [5.41, 5.74) is 0.445. The third kappa shape index (κ3) is 3.70. The molecule has 0 radical (unpaired) electrons. The van der Waals surface area contributed by atoms with Crippen molar-refractivity contribution in [3.63, 3.8) is 0 Å². The maximum atomic E-state index is 10.9. The van der Waals surface area contributed by atoms with E-state index in [4.69, 9.17) is 9.52 Å². The normalized spacial score (nSPS) is 12.0. The summed E-state index contributed by atoms with van der Waals surface area (Å²) in [5, 5.41) is 8.98. The average Bonchev–Trinajstić information content (AvgIpc) is 2.67. The average molecular weight is 225 g/mol. The number of carbonyl (C=O) groups is 1. The van der Waals surface area contributed by atoms with Gasteiger partial charge in [0.1, 0.15) is 0 Å². The van der Waals surface area contributed by atoms with Gasteiger partial charge in [-0.15, -0.1) is 0 Å². The van der Waals surface area contributed by atoms with Gasteiger partial charge < -0.3 is 14.4 Å². The molecule has 1 rings (SSSR count). The largest absolute Gasteiger partial charge is 0.481 e. The van der Waals surface area contributed by atoms with Gasteiger partial charge in [-0.05, 0) is 39.9 Å². The topological polar surface area (TPSA) is 53.7 Å². The first-order valence-corrected chi connectivity index (χ1v) is 5.35. The van der Waals surface area contributed by atoms with Crippen LogP contribution in [0.1, 0.15) is 25.8 Å². The van der Waals surface area contributed by atoms with Crippen LogP contribution in [0.2, 0.25) is 0 Å². The van der Waals surface area contributed by atoms with Crippen molar-refractivity contribution in [2.45, 2.75) is 26.8 Å². The molecule has 1 aromatic rings. The van der Waals surface area contributed by atoms with Crippen LogP contribution < -0.4 is 0 Å². The van der Waals surface area contributed by atoms with Gasteiger partial charge in [-0.3, -0.25) is 4.79 Å². The molecule has 0 amide bonds. The minimum Gasteiger partial charge on any atom is -0.481 e. The molecule has 4 nitrogen and oxygen atoms in total. The fourth-order valence-electron chi connectivity index (χ4n) is 1.35. The Balaban J connectivity index is 2.35. The van der Waals surface area contributed by atoms with Crippen LogP contribution >= 0.6 is 0 Å². The standard InChI is InChI=1S/C12H19NO3/c1-12(2,11(14)15)5-6-13(3)8-10-4-7-16-9-10/h4,7,9H,5-6,8H2,1-3H3,(H,14,15). The summed E-state index contributed by atoms with van der Waals surface area (Å²) in [4.78, 5) is 13.0. The summed E-state index contributed by atoms with van der Waals surface area (Å²) in [6.45, 7) is 5.04. The van der Waals surface area contributed by atoms with Crippen molar-refractivity contribution in [1.29, 1.82) is 0 Å². The molecule has 0 fully saturated rings. The minimum absolute atomic E-state index is 0.636. The fraction of sp³-hybridized carbons (Fsp3) is 0.583. The molecule has 0 bridgehead atoms. The molecule has 0 aliphatic heterocycles. The number of hydrogen-bond acceptors (Lipinski definition) is 3. The lowest BCUT2D eigenvalue weighted by Crippen LogP contribution is -2.29. The van der Waals surface area contributed by atoms with E-state index in [9.17, 15) is 4.79 Å². The van der Waals surface area contributed by atoms with E-state index >= 15 is 0 Å². The molecular formula is C12H19NO3. The molecule has 0 aromatic carbocycles. The Bertz CT molecular complexity index is 330. The van der Waals surface area contributed by atoms with Crippen LogP contribution in [0.25, 0.3) is 0 Å². The smallest absolute Gasteiger partial charge is 0.309 e. The van der Waals surface area contributed by atoms with Gasteiger partial charge in [0.05, 0.1) is 17.9 Å². The van der Waals surface area contributed by atoms with Crippen molar-refractivity contribution in [3.05, 3.63) is 24.2 Å². The van der Waals surface area contributed by atoms with Crippen molar-refractivity contribution >= 4 is 5.97 Å². The molecule has 0 aliphatic rings. The van der Waals surface area contributed by atoms with Crippen LogP contribution in [0.3, 0.4) is 0 Å². The Labute approximate surface area is 95.9 Å². The Hall–Kier alpha value is -1.29. The highest BCUT2D eigenvalue weighted by molar-refractivity contribution is 5.73. The van der Waals surface area contributed by atoms with Crippen molar-refractivity contribution in [2.75, 3.05) is 13.6 Å². The van der Waals surface area contributed by atoms with Gasteiger partial charge in [-0.2, -0.15) is 0 Å². The second-order valence-corrected chi connectivity index (χ2v) is 4.81. The van der Waals surface area contributed by atoms with Crippen LogP contribution in [-0.4, -0.2) is 29.6 Å². The first-order valence-electron chi connectivity index (χ1n) is 5.35. The van der Waals surface area contributed by atoms with Crippen LogP contribution in [0.4, 0.5) is 0 Å². The summed E-state index contributed by atoms with van der Waals surface area (Å²) >= 11 is 0. The van der Waals surface area contributed by atoms with Gasteiger partial charge in [-0.1, -0.05) is 0 Å². The van der Waals surface area contributed by atoms with E-state index in [0.29, 0.717) is 6.42 Å². The number of carboxylic acids is 1. The zero-order chi connectivity index (χ0) is 12.2.